The first-order valence-corrected chi connectivity index (χ1v) is 7.40. The SMILES string of the molecule is Cc1cc(CNS(=O)(=O)c2ccc(C#N)c(Cl)c2)on1. The molecule has 0 atom stereocenters. The average Bonchev–Trinajstić information content (AvgIpc) is 2.82. The second-order valence-electron chi connectivity index (χ2n) is 4.01. The van der Waals surface area contributed by atoms with Crippen molar-refractivity contribution in [1.82, 2.24) is 9.88 Å². The third-order valence-corrected chi connectivity index (χ3v) is 4.20. The summed E-state index contributed by atoms with van der Waals surface area (Å²) in [6.07, 6.45) is 0. The van der Waals surface area contributed by atoms with Gasteiger partial charge in [-0.2, -0.15) is 5.26 Å². The summed E-state index contributed by atoms with van der Waals surface area (Å²) in [5, 5.41) is 12.5. The highest BCUT2D eigenvalue weighted by atomic mass is 35.5. The van der Waals surface area contributed by atoms with Crippen molar-refractivity contribution in [2.45, 2.75) is 18.4 Å². The molecule has 0 amide bonds. The Labute approximate surface area is 121 Å². The third kappa shape index (κ3) is 3.17. The second-order valence-corrected chi connectivity index (χ2v) is 6.19. The Morgan fingerprint density at radius 1 is 1.45 bits per heavy atom. The molecule has 0 fully saturated rings. The van der Waals surface area contributed by atoms with E-state index >= 15 is 0 Å². The fourth-order valence-corrected chi connectivity index (χ4v) is 2.81. The van der Waals surface area contributed by atoms with Gasteiger partial charge in [0.2, 0.25) is 10.0 Å². The lowest BCUT2D eigenvalue weighted by atomic mass is 10.2. The molecule has 6 nitrogen and oxygen atoms in total. The third-order valence-electron chi connectivity index (χ3n) is 2.48. The molecule has 0 saturated carbocycles. The van der Waals surface area contributed by atoms with Crippen LogP contribution in [0.3, 0.4) is 0 Å². The van der Waals surface area contributed by atoms with Crippen molar-refractivity contribution in [2.24, 2.45) is 0 Å². The summed E-state index contributed by atoms with van der Waals surface area (Å²) >= 11 is 5.81. The van der Waals surface area contributed by atoms with Crippen LogP contribution in [0, 0.1) is 18.3 Å². The van der Waals surface area contributed by atoms with Gasteiger partial charge in [-0.15, -0.1) is 0 Å². The van der Waals surface area contributed by atoms with E-state index in [0.717, 1.165) is 0 Å². The van der Waals surface area contributed by atoms with Crippen LogP contribution >= 0.6 is 11.6 Å². The first-order chi connectivity index (χ1) is 9.42. The van der Waals surface area contributed by atoms with Gasteiger partial charge in [0, 0.05) is 6.07 Å². The van der Waals surface area contributed by atoms with Crippen LogP contribution in [0.25, 0.3) is 0 Å². The van der Waals surface area contributed by atoms with Crippen molar-refractivity contribution >= 4 is 21.6 Å². The standard InChI is InChI=1S/C12H10ClN3O3S/c1-8-4-10(19-16-8)7-15-20(17,18)11-3-2-9(6-14)12(13)5-11/h2-5,15H,7H2,1H3. The van der Waals surface area contributed by atoms with Gasteiger partial charge in [0.25, 0.3) is 0 Å². The van der Waals surface area contributed by atoms with Gasteiger partial charge in [0.1, 0.15) is 6.07 Å². The highest BCUT2D eigenvalue weighted by Gasteiger charge is 2.16. The fourth-order valence-electron chi connectivity index (χ4n) is 1.50. The molecule has 20 heavy (non-hydrogen) atoms. The van der Waals surface area contributed by atoms with E-state index in [1.165, 1.54) is 18.2 Å². The van der Waals surface area contributed by atoms with Gasteiger partial charge < -0.3 is 4.52 Å². The number of benzene rings is 1. The fraction of sp³-hybridized carbons (Fsp3) is 0.167. The Morgan fingerprint density at radius 2 is 2.20 bits per heavy atom. The van der Waals surface area contributed by atoms with Gasteiger partial charge in [-0.25, -0.2) is 13.1 Å². The smallest absolute Gasteiger partial charge is 0.241 e. The lowest BCUT2D eigenvalue weighted by Gasteiger charge is -2.05. The van der Waals surface area contributed by atoms with Crippen LogP contribution in [0.15, 0.2) is 33.7 Å². The minimum absolute atomic E-state index is 0.0131. The highest BCUT2D eigenvalue weighted by Crippen LogP contribution is 2.20. The number of hydrogen-bond donors (Lipinski definition) is 1. The summed E-state index contributed by atoms with van der Waals surface area (Å²) in [6.45, 7) is 1.72. The van der Waals surface area contributed by atoms with Crippen LogP contribution in [-0.4, -0.2) is 13.6 Å². The molecule has 0 aliphatic carbocycles. The van der Waals surface area contributed by atoms with E-state index in [4.69, 9.17) is 21.4 Å². The van der Waals surface area contributed by atoms with E-state index in [1.54, 1.807) is 13.0 Å². The van der Waals surface area contributed by atoms with Crippen LogP contribution in [0.1, 0.15) is 17.0 Å². The van der Waals surface area contributed by atoms with Crippen LogP contribution in [-0.2, 0) is 16.6 Å². The normalized spacial score (nSPS) is 11.2. The lowest BCUT2D eigenvalue weighted by molar-refractivity contribution is 0.377. The number of halogens is 1. The molecule has 104 valence electrons. The summed E-state index contributed by atoms with van der Waals surface area (Å²) in [5.41, 5.74) is 0.886. The number of aryl methyl sites for hydroxylation is 1. The molecule has 0 unspecified atom stereocenters. The minimum atomic E-state index is -3.73. The zero-order chi connectivity index (χ0) is 14.8. The van der Waals surface area contributed by atoms with Gasteiger partial charge in [-0.3, -0.25) is 0 Å². The predicted octanol–water partition coefficient (Wildman–Crippen LogP) is 1.99. The zero-order valence-electron chi connectivity index (χ0n) is 10.4. The minimum Gasteiger partial charge on any atom is -0.360 e. The zero-order valence-corrected chi connectivity index (χ0v) is 12.0. The van der Waals surface area contributed by atoms with Gasteiger partial charge in [0.15, 0.2) is 5.76 Å². The number of rotatable bonds is 4. The Hall–Kier alpha value is -1.88. The Kier molecular flexibility index (Phi) is 4.09. The molecule has 1 N–H and O–H groups in total. The molecule has 8 heteroatoms. The Balaban J connectivity index is 2.18. The maximum atomic E-state index is 12.0. The maximum absolute atomic E-state index is 12.0. The van der Waals surface area contributed by atoms with Crippen LogP contribution in [0.2, 0.25) is 5.02 Å². The predicted molar refractivity (Wildman–Crippen MR) is 71.4 cm³/mol. The molecule has 2 aromatic rings. The molecule has 2 rings (SSSR count). The molecule has 0 spiro atoms. The molecule has 0 saturated heterocycles. The van der Waals surface area contributed by atoms with Gasteiger partial charge in [-0.1, -0.05) is 16.8 Å². The topological polar surface area (TPSA) is 96.0 Å². The van der Waals surface area contributed by atoms with E-state index in [-0.39, 0.29) is 22.0 Å². The molecule has 1 aromatic heterocycles. The molecule has 1 aromatic carbocycles. The van der Waals surface area contributed by atoms with Crippen molar-refractivity contribution in [3.63, 3.8) is 0 Å². The van der Waals surface area contributed by atoms with Gasteiger partial charge in [0.05, 0.1) is 27.7 Å². The molecule has 0 bridgehead atoms. The highest BCUT2D eigenvalue weighted by molar-refractivity contribution is 7.89. The average molecular weight is 312 g/mol. The van der Waals surface area contributed by atoms with Crippen molar-refractivity contribution < 1.29 is 12.9 Å². The number of aromatic nitrogens is 1. The summed E-state index contributed by atoms with van der Waals surface area (Å²) in [6, 6.07) is 7.40. The van der Waals surface area contributed by atoms with E-state index < -0.39 is 10.0 Å². The monoisotopic (exact) mass is 311 g/mol. The lowest BCUT2D eigenvalue weighted by Crippen LogP contribution is -2.23. The van der Waals surface area contributed by atoms with Crippen molar-refractivity contribution in [1.29, 1.82) is 5.26 Å². The Bertz CT molecular complexity index is 777. The number of hydrogen-bond acceptors (Lipinski definition) is 5. The van der Waals surface area contributed by atoms with Crippen LogP contribution in [0.4, 0.5) is 0 Å². The molecular weight excluding hydrogens is 302 g/mol. The number of sulfonamides is 1. The molecular formula is C12H10ClN3O3S. The van der Waals surface area contributed by atoms with E-state index in [2.05, 4.69) is 9.88 Å². The van der Waals surface area contributed by atoms with Gasteiger partial charge in [-0.05, 0) is 25.1 Å². The van der Waals surface area contributed by atoms with Crippen molar-refractivity contribution in [3.05, 3.63) is 46.3 Å². The number of nitrogens with one attached hydrogen (secondary N) is 1. The number of nitrogens with zero attached hydrogens (tertiary/aromatic N) is 2. The van der Waals surface area contributed by atoms with Crippen molar-refractivity contribution in [3.8, 4) is 6.07 Å². The van der Waals surface area contributed by atoms with Crippen LogP contribution < -0.4 is 4.72 Å². The first-order valence-electron chi connectivity index (χ1n) is 5.54. The van der Waals surface area contributed by atoms with E-state index in [0.29, 0.717) is 11.5 Å². The molecule has 0 aliphatic rings. The first kappa shape index (κ1) is 14.5. The Morgan fingerprint density at radius 3 is 2.75 bits per heavy atom. The molecule has 0 aliphatic heterocycles. The van der Waals surface area contributed by atoms with Gasteiger partial charge >= 0.3 is 0 Å². The summed E-state index contributed by atoms with van der Waals surface area (Å²) in [7, 11) is -3.73. The maximum Gasteiger partial charge on any atom is 0.241 e. The molecule has 0 radical (unpaired) electrons. The largest absolute Gasteiger partial charge is 0.360 e. The summed E-state index contributed by atoms with van der Waals surface area (Å²) in [4.78, 5) is -0.0160. The second kappa shape index (κ2) is 5.63. The van der Waals surface area contributed by atoms with E-state index in [9.17, 15) is 8.42 Å². The molecule has 1 heterocycles. The quantitative estimate of drug-likeness (QED) is 0.931. The number of nitriles is 1. The van der Waals surface area contributed by atoms with Crippen LogP contribution in [0.5, 0.6) is 0 Å². The summed E-state index contributed by atoms with van der Waals surface area (Å²) < 4.78 is 31.4. The van der Waals surface area contributed by atoms with E-state index in [1.807, 2.05) is 6.07 Å². The summed E-state index contributed by atoms with van der Waals surface area (Å²) in [5.74, 6) is 0.408. The van der Waals surface area contributed by atoms with Crippen molar-refractivity contribution in [2.75, 3.05) is 0 Å².